The zero-order valence-electron chi connectivity index (χ0n) is 16.4. The van der Waals surface area contributed by atoms with E-state index in [0.29, 0.717) is 23.3 Å². The maximum atomic E-state index is 12.7. The summed E-state index contributed by atoms with van der Waals surface area (Å²) in [4.78, 5) is 14.3. The number of halogens is 1. The molecule has 152 valence electrons. The first-order chi connectivity index (χ1) is 13.9. The fourth-order valence-electron chi connectivity index (χ4n) is 2.56. The van der Waals surface area contributed by atoms with Crippen LogP contribution >= 0.6 is 23.4 Å². The molecule has 7 nitrogen and oxygen atoms in total. The molecule has 3 rings (SSSR count). The van der Waals surface area contributed by atoms with Gasteiger partial charge in [0.15, 0.2) is 0 Å². The summed E-state index contributed by atoms with van der Waals surface area (Å²) in [7, 11) is 1.76. The molecule has 0 aliphatic rings. The number of tetrazole rings is 1. The molecule has 0 radical (unpaired) electrons. The van der Waals surface area contributed by atoms with Gasteiger partial charge in [-0.3, -0.25) is 4.79 Å². The van der Waals surface area contributed by atoms with Gasteiger partial charge in [-0.25, -0.2) is 0 Å². The second-order valence-electron chi connectivity index (χ2n) is 6.53. The fraction of sp³-hybridized carbons (Fsp3) is 0.300. The van der Waals surface area contributed by atoms with E-state index in [0.717, 1.165) is 17.0 Å². The average molecular weight is 432 g/mol. The van der Waals surface area contributed by atoms with E-state index >= 15 is 0 Å². The van der Waals surface area contributed by atoms with Crippen molar-refractivity contribution in [3.05, 3.63) is 59.1 Å². The van der Waals surface area contributed by atoms with Crippen molar-refractivity contribution >= 4 is 29.3 Å². The SMILES string of the molecule is Cc1ccc(-n2nnnc2S[C@H](C)C(=O)N(C)CCOc2ccc(Cl)cc2)cc1. The normalized spacial score (nSPS) is 11.9. The molecule has 0 fully saturated rings. The highest BCUT2D eigenvalue weighted by molar-refractivity contribution is 8.00. The first-order valence-electron chi connectivity index (χ1n) is 9.09. The molecule has 29 heavy (non-hydrogen) atoms. The third kappa shape index (κ3) is 5.71. The molecule has 0 N–H and O–H groups in total. The topological polar surface area (TPSA) is 73.1 Å². The minimum Gasteiger partial charge on any atom is -0.492 e. The van der Waals surface area contributed by atoms with Crippen LogP contribution in [0.5, 0.6) is 5.75 Å². The van der Waals surface area contributed by atoms with Crippen LogP contribution in [-0.4, -0.2) is 56.5 Å². The zero-order valence-corrected chi connectivity index (χ0v) is 18.0. The lowest BCUT2D eigenvalue weighted by molar-refractivity contribution is -0.129. The van der Waals surface area contributed by atoms with Gasteiger partial charge >= 0.3 is 0 Å². The van der Waals surface area contributed by atoms with Crippen LogP contribution in [0.15, 0.2) is 53.7 Å². The molecule has 0 aliphatic carbocycles. The van der Waals surface area contributed by atoms with Crippen LogP contribution in [0, 0.1) is 6.92 Å². The molecule has 1 atom stereocenters. The van der Waals surface area contributed by atoms with Gasteiger partial charge in [-0.1, -0.05) is 41.1 Å². The summed E-state index contributed by atoms with van der Waals surface area (Å²) >= 11 is 7.19. The average Bonchev–Trinajstić information content (AvgIpc) is 3.17. The Labute approximate surface area is 179 Å². The van der Waals surface area contributed by atoms with Crippen LogP contribution in [0.4, 0.5) is 0 Å². The second-order valence-corrected chi connectivity index (χ2v) is 8.28. The van der Waals surface area contributed by atoms with Crippen molar-refractivity contribution in [2.24, 2.45) is 0 Å². The Morgan fingerprint density at radius 2 is 1.90 bits per heavy atom. The van der Waals surface area contributed by atoms with Crippen LogP contribution in [-0.2, 0) is 4.79 Å². The largest absolute Gasteiger partial charge is 0.492 e. The molecule has 0 unspecified atom stereocenters. The number of thioether (sulfide) groups is 1. The molecule has 0 spiro atoms. The van der Waals surface area contributed by atoms with E-state index in [9.17, 15) is 4.79 Å². The third-order valence-corrected chi connectivity index (χ3v) is 5.51. The maximum absolute atomic E-state index is 12.7. The van der Waals surface area contributed by atoms with Crippen LogP contribution in [0.3, 0.4) is 0 Å². The number of nitrogens with zero attached hydrogens (tertiary/aromatic N) is 5. The Kier molecular flexibility index (Phi) is 7.11. The summed E-state index contributed by atoms with van der Waals surface area (Å²) in [6.45, 7) is 4.72. The number of likely N-dealkylation sites (N-methyl/N-ethyl adjacent to an activating group) is 1. The van der Waals surface area contributed by atoms with Gasteiger partial charge in [0.1, 0.15) is 12.4 Å². The monoisotopic (exact) mass is 431 g/mol. The molecule has 0 saturated carbocycles. The smallest absolute Gasteiger partial charge is 0.235 e. The molecule has 2 aromatic carbocycles. The highest BCUT2D eigenvalue weighted by Gasteiger charge is 2.22. The predicted octanol–water partition coefficient (Wildman–Crippen LogP) is 3.64. The summed E-state index contributed by atoms with van der Waals surface area (Å²) in [6, 6.07) is 15.0. The van der Waals surface area contributed by atoms with Gasteiger partial charge in [0.2, 0.25) is 11.1 Å². The van der Waals surface area contributed by atoms with E-state index in [-0.39, 0.29) is 11.2 Å². The van der Waals surface area contributed by atoms with Crippen molar-refractivity contribution in [1.29, 1.82) is 0 Å². The summed E-state index contributed by atoms with van der Waals surface area (Å²) in [5.41, 5.74) is 2.01. The van der Waals surface area contributed by atoms with Crippen molar-refractivity contribution in [3.63, 3.8) is 0 Å². The van der Waals surface area contributed by atoms with Crippen LogP contribution in [0.25, 0.3) is 5.69 Å². The van der Waals surface area contributed by atoms with Crippen molar-refractivity contribution in [2.75, 3.05) is 20.2 Å². The number of aromatic nitrogens is 4. The van der Waals surface area contributed by atoms with Crippen molar-refractivity contribution < 1.29 is 9.53 Å². The van der Waals surface area contributed by atoms with Gasteiger partial charge in [-0.2, -0.15) is 4.68 Å². The fourth-order valence-corrected chi connectivity index (χ4v) is 3.61. The van der Waals surface area contributed by atoms with E-state index in [2.05, 4.69) is 15.5 Å². The van der Waals surface area contributed by atoms with Crippen LogP contribution in [0.1, 0.15) is 12.5 Å². The highest BCUT2D eigenvalue weighted by Crippen LogP contribution is 2.24. The number of benzene rings is 2. The van der Waals surface area contributed by atoms with Crippen molar-refractivity contribution in [3.8, 4) is 11.4 Å². The predicted molar refractivity (Wildman–Crippen MR) is 114 cm³/mol. The van der Waals surface area contributed by atoms with E-state index in [1.54, 1.807) is 40.9 Å². The number of carbonyl (C=O) groups is 1. The lowest BCUT2D eigenvalue weighted by Gasteiger charge is -2.21. The van der Waals surface area contributed by atoms with Gasteiger partial charge in [0.05, 0.1) is 17.5 Å². The quantitative estimate of drug-likeness (QED) is 0.507. The molecule has 0 saturated heterocycles. The lowest BCUT2D eigenvalue weighted by Crippen LogP contribution is -2.36. The summed E-state index contributed by atoms with van der Waals surface area (Å²) in [5, 5.41) is 12.7. The number of hydrogen-bond acceptors (Lipinski definition) is 6. The standard InChI is InChI=1S/C20H22ClN5O2S/c1-14-4-8-17(9-5-14)26-20(22-23-24-26)29-15(2)19(27)25(3)12-13-28-18-10-6-16(21)7-11-18/h4-11,15H,12-13H2,1-3H3/t15-/m1/s1. The highest BCUT2D eigenvalue weighted by atomic mass is 35.5. The molecule has 1 heterocycles. The van der Waals surface area contributed by atoms with Gasteiger partial charge in [0, 0.05) is 12.1 Å². The van der Waals surface area contributed by atoms with Crippen LogP contribution in [0.2, 0.25) is 5.02 Å². The maximum Gasteiger partial charge on any atom is 0.235 e. The molecular formula is C20H22ClN5O2S. The van der Waals surface area contributed by atoms with Crippen LogP contribution < -0.4 is 4.74 Å². The molecule has 1 amide bonds. The minimum absolute atomic E-state index is 0.0202. The van der Waals surface area contributed by atoms with E-state index in [1.807, 2.05) is 38.1 Å². The number of aryl methyl sites for hydroxylation is 1. The minimum atomic E-state index is -0.342. The number of amides is 1. The first-order valence-corrected chi connectivity index (χ1v) is 10.3. The Bertz CT molecular complexity index is 946. The van der Waals surface area contributed by atoms with Gasteiger partial charge in [-0.15, -0.1) is 5.10 Å². The number of carbonyl (C=O) groups excluding carboxylic acids is 1. The first kappa shape index (κ1) is 21.1. The van der Waals surface area contributed by atoms with E-state index in [4.69, 9.17) is 16.3 Å². The Morgan fingerprint density at radius 3 is 2.59 bits per heavy atom. The molecule has 1 aromatic heterocycles. The van der Waals surface area contributed by atoms with Gasteiger partial charge in [0.25, 0.3) is 0 Å². The Morgan fingerprint density at radius 1 is 1.21 bits per heavy atom. The summed E-state index contributed by atoms with van der Waals surface area (Å²) in [6.07, 6.45) is 0. The summed E-state index contributed by atoms with van der Waals surface area (Å²) in [5.74, 6) is 0.697. The molecular weight excluding hydrogens is 410 g/mol. The van der Waals surface area contributed by atoms with Crippen molar-refractivity contribution in [1.82, 2.24) is 25.1 Å². The van der Waals surface area contributed by atoms with Crippen molar-refractivity contribution in [2.45, 2.75) is 24.3 Å². The molecule has 0 bridgehead atoms. The Balaban J connectivity index is 1.54. The lowest BCUT2D eigenvalue weighted by atomic mass is 10.2. The zero-order chi connectivity index (χ0) is 20.8. The molecule has 9 heteroatoms. The molecule has 3 aromatic rings. The third-order valence-electron chi connectivity index (χ3n) is 4.23. The number of hydrogen-bond donors (Lipinski definition) is 0. The molecule has 0 aliphatic heterocycles. The number of rotatable bonds is 8. The van der Waals surface area contributed by atoms with Gasteiger partial charge < -0.3 is 9.64 Å². The Hall–Kier alpha value is -2.58. The van der Waals surface area contributed by atoms with E-state index < -0.39 is 0 Å². The summed E-state index contributed by atoms with van der Waals surface area (Å²) < 4.78 is 7.29. The van der Waals surface area contributed by atoms with Gasteiger partial charge in [-0.05, 0) is 60.7 Å². The second kappa shape index (κ2) is 9.76. The number of ether oxygens (including phenoxy) is 1. The van der Waals surface area contributed by atoms with E-state index in [1.165, 1.54) is 11.8 Å².